The van der Waals surface area contributed by atoms with Crippen molar-refractivity contribution < 1.29 is 18.7 Å². The molecule has 3 aromatic rings. The molecule has 1 aromatic heterocycles. The van der Waals surface area contributed by atoms with Gasteiger partial charge in [0.25, 0.3) is 0 Å². The van der Waals surface area contributed by atoms with Crippen LogP contribution in [0.25, 0.3) is 16.5 Å². The molecular weight excluding hydrogens is 390 g/mol. The van der Waals surface area contributed by atoms with Gasteiger partial charge >= 0.3 is 0 Å². The summed E-state index contributed by atoms with van der Waals surface area (Å²) in [7, 11) is 3.30. The lowest BCUT2D eigenvalue weighted by Crippen LogP contribution is -2.23. The average Bonchev–Trinajstić information content (AvgIpc) is 3.15. The van der Waals surface area contributed by atoms with E-state index in [2.05, 4.69) is 11.4 Å². The summed E-state index contributed by atoms with van der Waals surface area (Å²) in [5, 5.41) is 4.11. The molecule has 31 heavy (non-hydrogen) atoms. The van der Waals surface area contributed by atoms with Gasteiger partial charge in [0.1, 0.15) is 22.8 Å². The zero-order valence-electron chi connectivity index (χ0n) is 18.4. The number of amides is 1. The Morgan fingerprint density at radius 3 is 2.77 bits per heavy atom. The molecule has 5 nitrogen and oxygen atoms in total. The van der Waals surface area contributed by atoms with E-state index in [4.69, 9.17) is 13.9 Å². The van der Waals surface area contributed by atoms with Gasteiger partial charge in [0.2, 0.25) is 5.91 Å². The number of methoxy groups -OCH3 is 2. The van der Waals surface area contributed by atoms with Gasteiger partial charge in [-0.3, -0.25) is 4.79 Å². The second-order valence-corrected chi connectivity index (χ2v) is 7.98. The number of nitrogens with one attached hydrogen (secondary N) is 1. The Morgan fingerprint density at radius 1 is 1.13 bits per heavy atom. The van der Waals surface area contributed by atoms with Crippen LogP contribution in [0.3, 0.4) is 0 Å². The minimum absolute atomic E-state index is 0.114. The number of hydrogen-bond donors (Lipinski definition) is 1. The van der Waals surface area contributed by atoms with E-state index in [0.717, 1.165) is 64.2 Å². The second kappa shape index (κ2) is 9.29. The highest BCUT2D eigenvalue weighted by Gasteiger charge is 2.20. The van der Waals surface area contributed by atoms with Crippen LogP contribution in [0.2, 0.25) is 0 Å². The van der Waals surface area contributed by atoms with E-state index in [1.54, 1.807) is 20.3 Å². The molecule has 0 aliphatic heterocycles. The Morgan fingerprint density at radius 2 is 1.97 bits per heavy atom. The number of ether oxygens (including phenoxy) is 2. The van der Waals surface area contributed by atoms with Crippen LogP contribution >= 0.6 is 0 Å². The predicted octanol–water partition coefficient (Wildman–Crippen LogP) is 5.09. The Labute approximate surface area is 183 Å². The summed E-state index contributed by atoms with van der Waals surface area (Å²) in [6.07, 6.45) is 6.78. The molecule has 1 aliphatic rings. The SMILES string of the molecule is COc1cccc(CCNC(=O)/C=C(\C)c2cc3c4c(oc3cc2OC)CCCC4)c1. The summed E-state index contributed by atoms with van der Waals surface area (Å²) < 4.78 is 16.9. The lowest BCUT2D eigenvalue weighted by Gasteiger charge is -2.11. The maximum atomic E-state index is 12.5. The molecule has 0 bridgehead atoms. The molecule has 0 fully saturated rings. The first kappa shape index (κ1) is 21.0. The summed E-state index contributed by atoms with van der Waals surface area (Å²) in [5.41, 5.74) is 5.08. The zero-order valence-corrected chi connectivity index (χ0v) is 18.4. The van der Waals surface area contributed by atoms with Gasteiger partial charge in [-0.15, -0.1) is 0 Å². The molecule has 1 heterocycles. The molecule has 0 saturated carbocycles. The summed E-state index contributed by atoms with van der Waals surface area (Å²) >= 11 is 0. The molecular formula is C26H29NO4. The van der Waals surface area contributed by atoms with Gasteiger partial charge in [-0.1, -0.05) is 12.1 Å². The topological polar surface area (TPSA) is 60.7 Å². The van der Waals surface area contributed by atoms with Crippen molar-refractivity contribution in [2.24, 2.45) is 0 Å². The van der Waals surface area contributed by atoms with Gasteiger partial charge in [-0.2, -0.15) is 0 Å². The molecule has 0 radical (unpaired) electrons. The minimum Gasteiger partial charge on any atom is -0.497 e. The Balaban J connectivity index is 1.49. The van der Waals surface area contributed by atoms with Crippen molar-refractivity contribution in [1.82, 2.24) is 5.32 Å². The number of hydrogen-bond acceptors (Lipinski definition) is 4. The van der Waals surface area contributed by atoms with Crippen LogP contribution in [-0.2, 0) is 24.1 Å². The van der Waals surface area contributed by atoms with Crippen LogP contribution < -0.4 is 14.8 Å². The maximum Gasteiger partial charge on any atom is 0.244 e. The van der Waals surface area contributed by atoms with E-state index in [9.17, 15) is 4.79 Å². The van der Waals surface area contributed by atoms with Crippen molar-refractivity contribution in [1.29, 1.82) is 0 Å². The minimum atomic E-state index is -0.114. The number of aryl methyl sites for hydroxylation is 2. The maximum absolute atomic E-state index is 12.5. The van der Waals surface area contributed by atoms with Crippen molar-refractivity contribution in [2.45, 2.75) is 39.0 Å². The van der Waals surface area contributed by atoms with Gasteiger partial charge in [-0.05, 0) is 61.9 Å². The van der Waals surface area contributed by atoms with Crippen molar-refractivity contribution in [2.75, 3.05) is 20.8 Å². The fourth-order valence-electron chi connectivity index (χ4n) is 4.25. The standard InChI is InChI=1S/C26H29NO4/c1-17(13-26(28)27-12-11-18-7-6-8-19(14-18)29-2)21-15-22-20-9-4-5-10-23(20)31-25(22)16-24(21)30-3/h6-8,13-16H,4-5,9-12H2,1-3H3,(H,27,28)/b17-13+. The fraction of sp³-hybridized carbons (Fsp3) is 0.346. The summed E-state index contributed by atoms with van der Waals surface area (Å²) in [5.74, 6) is 2.52. The molecule has 1 amide bonds. The van der Waals surface area contributed by atoms with Gasteiger partial charge in [0.15, 0.2) is 0 Å². The van der Waals surface area contributed by atoms with Crippen molar-refractivity contribution in [3.05, 3.63) is 64.9 Å². The van der Waals surface area contributed by atoms with E-state index in [1.165, 1.54) is 18.4 Å². The lowest BCUT2D eigenvalue weighted by molar-refractivity contribution is -0.116. The van der Waals surface area contributed by atoms with Crippen LogP contribution in [0.5, 0.6) is 11.5 Å². The van der Waals surface area contributed by atoms with E-state index < -0.39 is 0 Å². The Hall–Kier alpha value is -3.21. The van der Waals surface area contributed by atoms with E-state index in [1.807, 2.05) is 37.3 Å². The number of carbonyl (C=O) groups is 1. The molecule has 0 atom stereocenters. The zero-order chi connectivity index (χ0) is 21.8. The number of rotatable bonds is 7. The third kappa shape index (κ3) is 4.61. The molecule has 5 heteroatoms. The number of fused-ring (bicyclic) bond motifs is 3. The normalized spacial score (nSPS) is 13.7. The lowest BCUT2D eigenvalue weighted by atomic mass is 9.94. The van der Waals surface area contributed by atoms with Crippen molar-refractivity contribution >= 4 is 22.4 Å². The first-order valence-electron chi connectivity index (χ1n) is 10.8. The van der Waals surface area contributed by atoms with Crippen LogP contribution in [0, 0.1) is 0 Å². The monoisotopic (exact) mass is 419 g/mol. The molecule has 0 spiro atoms. The van der Waals surface area contributed by atoms with E-state index in [-0.39, 0.29) is 5.91 Å². The summed E-state index contributed by atoms with van der Waals surface area (Å²) in [4.78, 5) is 12.5. The molecule has 0 unspecified atom stereocenters. The molecule has 1 N–H and O–H groups in total. The van der Waals surface area contributed by atoms with Crippen LogP contribution in [0.4, 0.5) is 0 Å². The molecule has 1 aliphatic carbocycles. The third-order valence-electron chi connectivity index (χ3n) is 5.90. The van der Waals surface area contributed by atoms with Crippen molar-refractivity contribution in [3.8, 4) is 11.5 Å². The van der Waals surface area contributed by atoms with Crippen LogP contribution in [0.1, 0.15) is 42.2 Å². The Kier molecular flexibility index (Phi) is 6.31. The average molecular weight is 420 g/mol. The molecule has 4 rings (SSSR count). The largest absolute Gasteiger partial charge is 0.497 e. The fourth-order valence-corrected chi connectivity index (χ4v) is 4.25. The summed E-state index contributed by atoms with van der Waals surface area (Å²) in [6.45, 7) is 2.50. The van der Waals surface area contributed by atoms with Crippen LogP contribution in [-0.4, -0.2) is 26.7 Å². The highest BCUT2D eigenvalue weighted by atomic mass is 16.5. The number of furan rings is 1. The van der Waals surface area contributed by atoms with Gasteiger partial charge < -0.3 is 19.2 Å². The van der Waals surface area contributed by atoms with Gasteiger partial charge in [0.05, 0.1) is 14.2 Å². The van der Waals surface area contributed by atoms with E-state index >= 15 is 0 Å². The first-order chi connectivity index (χ1) is 15.1. The number of carbonyl (C=O) groups excluding carboxylic acids is 1. The smallest absolute Gasteiger partial charge is 0.244 e. The molecule has 0 saturated heterocycles. The summed E-state index contributed by atoms with van der Waals surface area (Å²) in [6, 6.07) is 11.9. The Bertz CT molecular complexity index is 1130. The van der Waals surface area contributed by atoms with Gasteiger partial charge in [-0.25, -0.2) is 0 Å². The third-order valence-corrected chi connectivity index (χ3v) is 5.90. The van der Waals surface area contributed by atoms with Gasteiger partial charge in [0, 0.05) is 41.6 Å². The first-order valence-corrected chi connectivity index (χ1v) is 10.8. The van der Waals surface area contributed by atoms with Crippen LogP contribution in [0.15, 0.2) is 46.9 Å². The van der Waals surface area contributed by atoms with Crippen molar-refractivity contribution in [3.63, 3.8) is 0 Å². The highest BCUT2D eigenvalue weighted by molar-refractivity contribution is 5.97. The molecule has 2 aromatic carbocycles. The quantitative estimate of drug-likeness (QED) is 0.542. The number of allylic oxidation sites excluding steroid dienone is 1. The highest BCUT2D eigenvalue weighted by Crippen LogP contribution is 2.37. The predicted molar refractivity (Wildman–Crippen MR) is 123 cm³/mol. The molecule has 162 valence electrons. The van der Waals surface area contributed by atoms with E-state index in [0.29, 0.717) is 6.54 Å². The number of benzene rings is 2. The second-order valence-electron chi connectivity index (χ2n) is 7.98.